The van der Waals surface area contributed by atoms with Gasteiger partial charge in [-0.1, -0.05) is 55.4 Å². The maximum atomic E-state index is 12.6. The number of anilines is 1. The number of carbonyl (C=O) groups is 1. The zero-order valence-electron chi connectivity index (χ0n) is 16.2. The Labute approximate surface area is 173 Å². The lowest BCUT2D eigenvalue weighted by Crippen LogP contribution is -2.23. The molecule has 0 aliphatic carbocycles. The van der Waals surface area contributed by atoms with E-state index in [4.69, 9.17) is 11.6 Å². The van der Waals surface area contributed by atoms with Gasteiger partial charge in [-0.15, -0.1) is 5.10 Å². The molecular formula is C20H22ClN5OS. The van der Waals surface area contributed by atoms with E-state index < -0.39 is 5.25 Å². The van der Waals surface area contributed by atoms with Gasteiger partial charge in [-0.05, 0) is 65.6 Å². The van der Waals surface area contributed by atoms with Crippen molar-refractivity contribution in [2.75, 3.05) is 5.32 Å². The molecule has 0 saturated carbocycles. The molecule has 0 spiro atoms. The molecule has 28 heavy (non-hydrogen) atoms. The third-order valence-electron chi connectivity index (χ3n) is 4.35. The highest BCUT2D eigenvalue weighted by Crippen LogP contribution is 2.26. The minimum Gasteiger partial charge on any atom is -0.325 e. The Hall–Kier alpha value is -2.38. The first kappa shape index (κ1) is 20.4. The number of benzene rings is 2. The first-order chi connectivity index (χ1) is 13.3. The number of hydrogen-bond acceptors (Lipinski definition) is 5. The van der Waals surface area contributed by atoms with Crippen molar-refractivity contribution in [3.63, 3.8) is 0 Å². The minimum atomic E-state index is -0.391. The van der Waals surface area contributed by atoms with Crippen LogP contribution < -0.4 is 5.32 Å². The number of aromatic nitrogens is 4. The molecule has 0 fully saturated rings. The Bertz CT molecular complexity index is 971. The molecule has 1 aromatic heterocycles. The van der Waals surface area contributed by atoms with Crippen LogP contribution in [0.5, 0.6) is 0 Å². The molecule has 3 aromatic rings. The Kier molecular flexibility index (Phi) is 6.36. The molecule has 0 unspecified atom stereocenters. The fourth-order valence-corrected chi connectivity index (χ4v) is 3.57. The zero-order valence-corrected chi connectivity index (χ0v) is 17.8. The van der Waals surface area contributed by atoms with Crippen molar-refractivity contribution in [2.24, 2.45) is 0 Å². The Morgan fingerprint density at radius 2 is 1.86 bits per heavy atom. The zero-order chi connectivity index (χ0) is 20.3. The minimum absolute atomic E-state index is 0.139. The molecule has 0 saturated heterocycles. The third kappa shape index (κ3) is 4.72. The van der Waals surface area contributed by atoms with E-state index in [9.17, 15) is 4.79 Å². The van der Waals surface area contributed by atoms with Crippen LogP contribution in [0.3, 0.4) is 0 Å². The maximum absolute atomic E-state index is 12.6. The molecule has 0 bridgehead atoms. The van der Waals surface area contributed by atoms with Gasteiger partial charge in [-0.25, -0.2) is 0 Å². The molecule has 8 heteroatoms. The first-order valence-corrected chi connectivity index (χ1v) is 10.2. The Morgan fingerprint density at radius 1 is 1.14 bits per heavy atom. The van der Waals surface area contributed by atoms with Crippen LogP contribution in [-0.4, -0.2) is 31.4 Å². The smallest absolute Gasteiger partial charge is 0.237 e. The summed E-state index contributed by atoms with van der Waals surface area (Å²) in [4.78, 5) is 12.6. The van der Waals surface area contributed by atoms with Crippen LogP contribution in [0, 0.1) is 6.92 Å². The maximum Gasteiger partial charge on any atom is 0.237 e. The molecule has 1 atom stereocenters. The van der Waals surface area contributed by atoms with E-state index in [0.29, 0.717) is 21.8 Å². The molecule has 1 heterocycles. The van der Waals surface area contributed by atoms with Crippen molar-refractivity contribution in [1.82, 2.24) is 20.2 Å². The monoisotopic (exact) mass is 415 g/mol. The third-order valence-corrected chi connectivity index (χ3v) is 5.62. The first-order valence-electron chi connectivity index (χ1n) is 8.97. The van der Waals surface area contributed by atoms with E-state index in [2.05, 4.69) is 46.8 Å². The Morgan fingerprint density at radius 3 is 2.54 bits per heavy atom. The molecule has 0 aliphatic rings. The lowest BCUT2D eigenvalue weighted by molar-refractivity contribution is -0.115. The van der Waals surface area contributed by atoms with E-state index in [1.165, 1.54) is 17.3 Å². The fourth-order valence-electron chi connectivity index (χ4n) is 2.59. The summed E-state index contributed by atoms with van der Waals surface area (Å²) in [7, 11) is 0. The SMILES string of the molecule is Cc1ccc(Cl)cc1NC(=O)[C@@H](C)Sc1nnnn1-c1ccc(C(C)C)cc1. The Balaban J connectivity index is 1.72. The van der Waals surface area contributed by atoms with Crippen LogP contribution in [0.15, 0.2) is 47.6 Å². The van der Waals surface area contributed by atoms with Gasteiger partial charge in [0.25, 0.3) is 0 Å². The van der Waals surface area contributed by atoms with Crippen molar-refractivity contribution in [1.29, 1.82) is 0 Å². The van der Waals surface area contributed by atoms with E-state index in [1.807, 2.05) is 32.0 Å². The van der Waals surface area contributed by atoms with Gasteiger partial charge in [0.1, 0.15) is 0 Å². The lowest BCUT2D eigenvalue weighted by Gasteiger charge is -2.13. The van der Waals surface area contributed by atoms with Crippen LogP contribution in [0.25, 0.3) is 5.69 Å². The summed E-state index contributed by atoms with van der Waals surface area (Å²) in [5.41, 5.74) is 3.75. The van der Waals surface area contributed by atoms with Gasteiger partial charge >= 0.3 is 0 Å². The summed E-state index contributed by atoms with van der Waals surface area (Å²) in [6.45, 7) is 8.04. The van der Waals surface area contributed by atoms with E-state index in [-0.39, 0.29) is 5.91 Å². The van der Waals surface area contributed by atoms with Crippen molar-refractivity contribution in [3.05, 3.63) is 58.6 Å². The largest absolute Gasteiger partial charge is 0.325 e. The van der Waals surface area contributed by atoms with Gasteiger partial charge in [0, 0.05) is 10.7 Å². The van der Waals surface area contributed by atoms with Crippen LogP contribution >= 0.6 is 23.4 Å². The number of hydrogen-bond donors (Lipinski definition) is 1. The predicted molar refractivity (Wildman–Crippen MR) is 113 cm³/mol. The summed E-state index contributed by atoms with van der Waals surface area (Å²) in [5.74, 6) is 0.315. The molecule has 0 aliphatic heterocycles. The van der Waals surface area contributed by atoms with E-state index in [1.54, 1.807) is 16.8 Å². The molecule has 1 N–H and O–H groups in total. The second-order valence-corrected chi connectivity index (χ2v) is 8.57. The van der Waals surface area contributed by atoms with Crippen molar-refractivity contribution in [2.45, 2.75) is 44.0 Å². The van der Waals surface area contributed by atoms with Crippen molar-refractivity contribution in [3.8, 4) is 5.69 Å². The van der Waals surface area contributed by atoms with E-state index in [0.717, 1.165) is 11.3 Å². The number of amides is 1. The average molecular weight is 416 g/mol. The number of aryl methyl sites for hydroxylation is 1. The molecule has 146 valence electrons. The van der Waals surface area contributed by atoms with Crippen LogP contribution in [0.1, 0.15) is 37.8 Å². The number of tetrazole rings is 1. The standard InChI is InChI=1S/C20H22ClN5OS/c1-12(2)15-6-9-17(10-7-15)26-20(23-24-25-26)28-14(4)19(27)22-18-11-16(21)8-5-13(18)3/h5-12,14H,1-4H3,(H,22,27)/t14-/m1/s1. The quantitative estimate of drug-likeness (QED) is 0.581. The summed E-state index contributed by atoms with van der Waals surface area (Å²) in [5, 5.41) is 15.6. The van der Waals surface area contributed by atoms with Gasteiger partial charge < -0.3 is 5.32 Å². The van der Waals surface area contributed by atoms with Gasteiger partial charge in [-0.2, -0.15) is 4.68 Å². The highest BCUT2D eigenvalue weighted by molar-refractivity contribution is 8.00. The number of nitrogens with one attached hydrogen (secondary N) is 1. The van der Waals surface area contributed by atoms with Gasteiger partial charge in [0.2, 0.25) is 11.1 Å². The number of carbonyl (C=O) groups excluding carboxylic acids is 1. The second kappa shape index (κ2) is 8.75. The molecular weight excluding hydrogens is 394 g/mol. The van der Waals surface area contributed by atoms with Gasteiger partial charge in [0.05, 0.1) is 10.9 Å². The highest BCUT2D eigenvalue weighted by atomic mass is 35.5. The summed E-state index contributed by atoms with van der Waals surface area (Å²) < 4.78 is 1.64. The molecule has 3 rings (SSSR count). The number of thioether (sulfide) groups is 1. The molecule has 1 amide bonds. The van der Waals surface area contributed by atoms with Crippen molar-refractivity contribution < 1.29 is 4.79 Å². The average Bonchev–Trinajstić information content (AvgIpc) is 3.12. The van der Waals surface area contributed by atoms with Gasteiger partial charge in [0.15, 0.2) is 0 Å². The molecule has 2 aromatic carbocycles. The molecule has 6 nitrogen and oxygen atoms in total. The topological polar surface area (TPSA) is 72.7 Å². The fraction of sp³-hybridized carbons (Fsp3) is 0.300. The summed E-state index contributed by atoms with van der Waals surface area (Å²) in [6, 6.07) is 13.5. The number of rotatable bonds is 6. The van der Waals surface area contributed by atoms with Crippen LogP contribution in [0.4, 0.5) is 5.69 Å². The van der Waals surface area contributed by atoms with Crippen molar-refractivity contribution >= 4 is 35.0 Å². The van der Waals surface area contributed by atoms with E-state index >= 15 is 0 Å². The highest BCUT2D eigenvalue weighted by Gasteiger charge is 2.20. The lowest BCUT2D eigenvalue weighted by atomic mass is 10.0. The molecule has 0 radical (unpaired) electrons. The van der Waals surface area contributed by atoms with Gasteiger partial charge in [-0.3, -0.25) is 4.79 Å². The number of halogens is 1. The van der Waals surface area contributed by atoms with Crippen LogP contribution in [0.2, 0.25) is 5.02 Å². The summed E-state index contributed by atoms with van der Waals surface area (Å²) >= 11 is 7.33. The number of nitrogens with zero attached hydrogens (tertiary/aromatic N) is 4. The second-order valence-electron chi connectivity index (χ2n) is 6.83. The summed E-state index contributed by atoms with van der Waals surface area (Å²) in [6.07, 6.45) is 0. The predicted octanol–water partition coefficient (Wildman–Crippen LogP) is 4.87. The van der Waals surface area contributed by atoms with Crippen LogP contribution in [-0.2, 0) is 4.79 Å². The normalized spacial score (nSPS) is 12.2.